The van der Waals surface area contributed by atoms with Crippen molar-refractivity contribution in [3.05, 3.63) is 84.4 Å². The van der Waals surface area contributed by atoms with Gasteiger partial charge in [0.15, 0.2) is 9.60 Å². The lowest BCUT2D eigenvalue weighted by atomic mass is 10.3. The molecule has 0 aliphatic heterocycles. The van der Waals surface area contributed by atoms with E-state index in [1.54, 1.807) is 12.3 Å². The van der Waals surface area contributed by atoms with Crippen molar-refractivity contribution in [3.8, 4) is 10.8 Å². The van der Waals surface area contributed by atoms with Crippen LogP contribution in [0.5, 0.6) is 5.88 Å². The Hall–Kier alpha value is -2.59. The number of benzene rings is 2. The van der Waals surface area contributed by atoms with Gasteiger partial charge in [-0.05, 0) is 30.3 Å². The highest BCUT2D eigenvalue weighted by atomic mass is 32.2. The Morgan fingerprint density at radius 3 is 2.27 bits per heavy atom. The number of rotatable bonds is 2. The summed E-state index contributed by atoms with van der Waals surface area (Å²) in [6.07, 6.45) is 1.58. The molecule has 0 aliphatic carbocycles. The first-order valence-corrected chi connectivity index (χ1v) is 8.14. The summed E-state index contributed by atoms with van der Waals surface area (Å²) in [5.41, 5.74) is 0. The van der Waals surface area contributed by atoms with Crippen molar-refractivity contribution in [1.82, 2.24) is 4.98 Å². The topological polar surface area (TPSA) is 25.0 Å². The fraction of sp³-hybridized carbons (Fsp3) is 0. The number of hydrogen-bond acceptors (Lipinski definition) is 1. The fourth-order valence-corrected chi connectivity index (χ4v) is 4.07. The Balaban J connectivity index is 0.000000174. The molecule has 0 bridgehead atoms. The van der Waals surface area contributed by atoms with Gasteiger partial charge in [0.25, 0.3) is 0 Å². The number of hydrogen-bond donors (Lipinski definition) is 1. The molecule has 2 aromatic carbocycles. The van der Waals surface area contributed by atoms with E-state index >= 15 is 0 Å². The highest BCUT2D eigenvalue weighted by Crippen LogP contribution is 2.38. The summed E-state index contributed by atoms with van der Waals surface area (Å²) in [4.78, 5) is 7.19. The molecule has 2 heterocycles. The first kappa shape index (κ1) is 14.4. The van der Waals surface area contributed by atoms with Gasteiger partial charge in [-0.3, -0.25) is 4.94 Å². The number of aromatic nitrogens is 1. The molecule has 4 aromatic rings. The summed E-state index contributed by atoms with van der Waals surface area (Å²) >= 11 is 0. The van der Waals surface area contributed by atoms with E-state index < -0.39 is 0 Å². The van der Waals surface area contributed by atoms with Crippen molar-refractivity contribution < 1.29 is 9.47 Å². The van der Waals surface area contributed by atoms with Gasteiger partial charge in [-0.2, -0.15) is 0 Å². The molecule has 2 aromatic heterocycles. The van der Waals surface area contributed by atoms with Gasteiger partial charge in [-0.25, -0.2) is 0 Å². The van der Waals surface area contributed by atoms with Crippen LogP contribution >= 0.6 is 10.5 Å². The van der Waals surface area contributed by atoms with Crippen LogP contribution in [0.25, 0.3) is 15.0 Å². The summed E-state index contributed by atoms with van der Waals surface area (Å²) in [5.74, 6) is 0.139. The first-order chi connectivity index (χ1) is 10.9. The third kappa shape index (κ3) is 3.18. The quantitative estimate of drug-likeness (QED) is 0.461. The number of halogens is 1. The highest BCUT2D eigenvalue weighted by Gasteiger charge is 2.13. The van der Waals surface area contributed by atoms with E-state index in [0.717, 1.165) is 0 Å². The number of H-pyrrole nitrogens is 1. The van der Waals surface area contributed by atoms with Crippen molar-refractivity contribution >= 4 is 20.6 Å². The molecule has 4 heteroatoms. The van der Waals surface area contributed by atoms with Gasteiger partial charge >= 0.3 is 0 Å². The molecule has 1 atom stereocenters. The second-order valence-electron chi connectivity index (χ2n) is 4.60. The Labute approximate surface area is 130 Å². The second kappa shape index (κ2) is 6.91. The molecule has 0 saturated heterocycles. The smallest absolute Gasteiger partial charge is 0.241 e. The van der Waals surface area contributed by atoms with Crippen molar-refractivity contribution in [2.45, 2.75) is 0 Å². The maximum absolute atomic E-state index is 11.0. The monoisotopic (exact) mass is 312 g/mol. The lowest BCUT2D eigenvalue weighted by Gasteiger charge is -1.89. The van der Waals surface area contributed by atoms with Crippen molar-refractivity contribution in [2.75, 3.05) is 0 Å². The molecule has 110 valence electrons. The number of fused-ring (bicyclic) bond motifs is 1. The van der Waals surface area contributed by atoms with Crippen LogP contribution in [0.3, 0.4) is 0 Å². The van der Waals surface area contributed by atoms with Gasteiger partial charge in [0.1, 0.15) is 5.38 Å². The zero-order valence-electron chi connectivity index (χ0n) is 11.8. The molecule has 0 spiro atoms. The van der Waals surface area contributed by atoms with E-state index in [4.69, 9.17) is 0 Å². The Morgan fingerprint density at radius 2 is 1.59 bits per heavy atom. The minimum atomic E-state index is 0.139. The molecule has 0 radical (unpaired) electrons. The predicted molar refractivity (Wildman–Crippen MR) is 90.3 cm³/mol. The molecule has 0 amide bonds. The summed E-state index contributed by atoms with van der Waals surface area (Å²) in [7, 11) is 0.154. The first-order valence-electron chi connectivity index (χ1n) is 6.86. The van der Waals surface area contributed by atoms with Gasteiger partial charge in [-0.15, -0.1) is 0 Å². The van der Waals surface area contributed by atoms with E-state index in [2.05, 4.69) is 76.0 Å². The van der Waals surface area contributed by atoms with E-state index in [9.17, 15) is 4.53 Å². The number of nitrogens with one attached hydrogen (secondary N) is 1. The van der Waals surface area contributed by atoms with Crippen LogP contribution in [0.4, 0.5) is 4.53 Å². The molecule has 4 rings (SSSR count). The lowest BCUT2D eigenvalue weighted by molar-refractivity contribution is -0.0112. The molecular weight excluding hydrogens is 297 g/mol. The average Bonchev–Trinajstić information content (AvgIpc) is 3.26. The fourth-order valence-electron chi connectivity index (χ4n) is 2.17. The van der Waals surface area contributed by atoms with Gasteiger partial charge in [0, 0.05) is 38.7 Å². The molecule has 0 saturated carbocycles. The zero-order chi connectivity index (χ0) is 15.2. The Morgan fingerprint density at radius 1 is 0.818 bits per heavy atom. The van der Waals surface area contributed by atoms with Crippen molar-refractivity contribution in [1.29, 1.82) is 0 Å². The van der Waals surface area contributed by atoms with Crippen LogP contribution in [0, 0.1) is 0 Å². The van der Waals surface area contributed by atoms with Gasteiger partial charge in [-0.1, -0.05) is 30.3 Å². The third-order valence-electron chi connectivity index (χ3n) is 3.19. The van der Waals surface area contributed by atoms with E-state index in [1.807, 2.05) is 0 Å². The second-order valence-corrected chi connectivity index (χ2v) is 6.46. The Kier molecular flexibility index (Phi) is 4.51. The molecule has 0 fully saturated rings. The summed E-state index contributed by atoms with van der Waals surface area (Å²) in [6.45, 7) is 0. The molecule has 1 unspecified atom stereocenters. The Bertz CT molecular complexity index is 825. The SMILES string of the molecule is FOc1ccc[nH]1.c1ccc(-[s+]2ccc3ccccc32)cc1. The average molecular weight is 312 g/mol. The van der Waals surface area contributed by atoms with Crippen LogP contribution in [0.1, 0.15) is 0 Å². The third-order valence-corrected chi connectivity index (χ3v) is 5.22. The molecule has 1 N–H and O–H groups in total. The van der Waals surface area contributed by atoms with E-state index in [0.29, 0.717) is 0 Å². The minimum absolute atomic E-state index is 0.139. The standard InChI is InChI=1S/C14H11S.C4H4FNO/c1-2-7-13(8-3-1)15-11-10-12-6-4-5-9-14(12)15;5-7-4-2-1-3-6-4/h1-11H;1-3,6H/q+1;. The lowest BCUT2D eigenvalue weighted by Crippen LogP contribution is -1.70. The van der Waals surface area contributed by atoms with E-state index in [1.165, 1.54) is 21.0 Å². The van der Waals surface area contributed by atoms with Crippen molar-refractivity contribution in [2.24, 2.45) is 0 Å². The maximum atomic E-state index is 11.0. The summed E-state index contributed by atoms with van der Waals surface area (Å²) in [5, 5.41) is 3.67. The van der Waals surface area contributed by atoms with Crippen LogP contribution < -0.4 is 4.94 Å². The van der Waals surface area contributed by atoms with Crippen LogP contribution in [-0.4, -0.2) is 4.98 Å². The highest BCUT2D eigenvalue weighted by molar-refractivity contribution is 7.43. The van der Waals surface area contributed by atoms with Crippen molar-refractivity contribution in [3.63, 3.8) is 0 Å². The van der Waals surface area contributed by atoms with Crippen LogP contribution in [-0.2, 0) is 0 Å². The molecular formula is C18H15FNOS+. The van der Waals surface area contributed by atoms with Gasteiger partial charge < -0.3 is 4.98 Å². The van der Waals surface area contributed by atoms with Gasteiger partial charge in [0.2, 0.25) is 5.88 Å². The predicted octanol–water partition coefficient (Wildman–Crippen LogP) is 5.86. The number of aromatic amines is 1. The van der Waals surface area contributed by atoms with E-state index in [-0.39, 0.29) is 16.3 Å². The molecule has 2 nitrogen and oxygen atoms in total. The van der Waals surface area contributed by atoms with Gasteiger partial charge in [0.05, 0.1) is 0 Å². The van der Waals surface area contributed by atoms with Crippen LogP contribution in [0.15, 0.2) is 84.4 Å². The number of thiophene rings is 1. The molecule has 22 heavy (non-hydrogen) atoms. The molecule has 0 aliphatic rings. The normalized spacial score (nSPS) is 10.9. The largest absolute Gasteiger partial charge is 0.330 e. The maximum Gasteiger partial charge on any atom is 0.241 e. The van der Waals surface area contributed by atoms with Crippen LogP contribution in [0.2, 0.25) is 0 Å². The zero-order valence-corrected chi connectivity index (χ0v) is 12.6. The minimum Gasteiger partial charge on any atom is -0.330 e. The summed E-state index contributed by atoms with van der Waals surface area (Å²) < 4.78 is 12.5. The summed E-state index contributed by atoms with van der Waals surface area (Å²) in [6, 6.07) is 24.7.